The summed E-state index contributed by atoms with van der Waals surface area (Å²) in [4.78, 5) is 2.42. The van der Waals surface area contributed by atoms with Gasteiger partial charge in [-0.15, -0.1) is 0 Å². The maximum atomic E-state index is 2.42. The first-order valence-electron chi connectivity index (χ1n) is 19.5. The summed E-state index contributed by atoms with van der Waals surface area (Å²) >= 11 is 0. The number of hydrogen-bond acceptors (Lipinski definition) is 1. The Balaban J connectivity index is 1.09. The van der Waals surface area contributed by atoms with E-state index < -0.39 is 0 Å². The van der Waals surface area contributed by atoms with Crippen LogP contribution in [0.15, 0.2) is 212 Å². The zero-order chi connectivity index (χ0) is 37.6. The molecule has 0 spiro atoms. The highest BCUT2D eigenvalue weighted by molar-refractivity contribution is 5.98. The van der Waals surface area contributed by atoms with Crippen LogP contribution < -0.4 is 4.90 Å². The fraction of sp³-hybridized carbons (Fsp3) is 0.0545. The molecule has 1 nitrogen and oxygen atoms in total. The van der Waals surface area contributed by atoms with Crippen molar-refractivity contribution in [3.63, 3.8) is 0 Å². The van der Waals surface area contributed by atoms with Gasteiger partial charge in [-0.1, -0.05) is 190 Å². The summed E-state index contributed by atoms with van der Waals surface area (Å²) in [6.45, 7) is 4.70. The van der Waals surface area contributed by atoms with Crippen molar-refractivity contribution in [1.29, 1.82) is 0 Å². The Morgan fingerprint density at radius 3 is 1.71 bits per heavy atom. The second kappa shape index (κ2) is 13.7. The second-order valence-corrected chi connectivity index (χ2v) is 15.4. The molecule has 0 aliphatic heterocycles. The molecule has 10 rings (SSSR count). The van der Waals surface area contributed by atoms with Gasteiger partial charge in [-0.05, 0) is 108 Å². The van der Waals surface area contributed by atoms with Gasteiger partial charge in [0.2, 0.25) is 0 Å². The summed E-state index contributed by atoms with van der Waals surface area (Å²) in [6.07, 6.45) is 0. The van der Waals surface area contributed by atoms with Gasteiger partial charge in [-0.25, -0.2) is 0 Å². The highest BCUT2D eigenvalue weighted by Crippen LogP contribution is 2.50. The van der Waals surface area contributed by atoms with E-state index in [-0.39, 0.29) is 5.41 Å². The van der Waals surface area contributed by atoms with Crippen molar-refractivity contribution >= 4 is 27.8 Å². The van der Waals surface area contributed by atoms with Crippen molar-refractivity contribution in [2.75, 3.05) is 4.90 Å². The first kappa shape index (κ1) is 33.6. The molecule has 1 aliphatic carbocycles. The van der Waals surface area contributed by atoms with Crippen molar-refractivity contribution < 1.29 is 0 Å². The van der Waals surface area contributed by atoms with E-state index in [1.54, 1.807) is 0 Å². The average Bonchev–Trinajstić information content (AvgIpc) is 3.49. The molecule has 0 radical (unpaired) electrons. The fourth-order valence-electron chi connectivity index (χ4n) is 8.79. The van der Waals surface area contributed by atoms with E-state index >= 15 is 0 Å². The maximum absolute atomic E-state index is 2.42. The zero-order valence-corrected chi connectivity index (χ0v) is 31.7. The Bertz CT molecular complexity index is 2860. The highest BCUT2D eigenvalue weighted by Gasteiger charge is 2.35. The minimum atomic E-state index is -0.0449. The molecule has 0 aromatic heterocycles. The van der Waals surface area contributed by atoms with E-state index in [2.05, 4.69) is 231 Å². The number of hydrogen-bond donors (Lipinski definition) is 0. The third-order valence-corrected chi connectivity index (χ3v) is 11.7. The van der Waals surface area contributed by atoms with E-state index in [1.165, 1.54) is 77.5 Å². The molecule has 0 saturated heterocycles. The van der Waals surface area contributed by atoms with Crippen LogP contribution in [0.2, 0.25) is 0 Å². The smallest absolute Gasteiger partial charge is 0.0540 e. The summed E-state index contributed by atoms with van der Waals surface area (Å²) in [6, 6.07) is 77.6. The van der Waals surface area contributed by atoms with Crippen LogP contribution in [0.3, 0.4) is 0 Å². The van der Waals surface area contributed by atoms with Crippen molar-refractivity contribution in [2.24, 2.45) is 0 Å². The van der Waals surface area contributed by atoms with E-state index in [9.17, 15) is 0 Å². The first-order valence-corrected chi connectivity index (χ1v) is 19.5. The topological polar surface area (TPSA) is 3.24 Å². The first-order chi connectivity index (χ1) is 27.5. The van der Waals surface area contributed by atoms with Crippen LogP contribution in [0, 0.1) is 0 Å². The number of anilines is 3. The van der Waals surface area contributed by atoms with Crippen LogP contribution >= 0.6 is 0 Å². The summed E-state index contributed by atoms with van der Waals surface area (Å²) in [5.74, 6) is 0. The van der Waals surface area contributed by atoms with Crippen LogP contribution in [-0.4, -0.2) is 0 Å². The van der Waals surface area contributed by atoms with Gasteiger partial charge in [-0.3, -0.25) is 0 Å². The average molecular weight is 716 g/mol. The van der Waals surface area contributed by atoms with Crippen molar-refractivity contribution in [2.45, 2.75) is 19.3 Å². The number of nitrogens with zero attached hydrogens (tertiary/aromatic N) is 1. The van der Waals surface area contributed by atoms with Crippen molar-refractivity contribution in [1.82, 2.24) is 0 Å². The molecule has 0 heterocycles. The van der Waals surface area contributed by atoms with Gasteiger partial charge in [-0.2, -0.15) is 0 Å². The van der Waals surface area contributed by atoms with E-state index in [4.69, 9.17) is 0 Å². The number of para-hydroxylation sites is 1. The van der Waals surface area contributed by atoms with Gasteiger partial charge in [0.05, 0.1) is 5.69 Å². The van der Waals surface area contributed by atoms with E-state index in [0.29, 0.717) is 0 Å². The van der Waals surface area contributed by atoms with Gasteiger partial charge in [0.15, 0.2) is 0 Å². The van der Waals surface area contributed by atoms with Crippen molar-refractivity contribution in [3.05, 3.63) is 223 Å². The Hall–Kier alpha value is -6.96. The molecule has 0 unspecified atom stereocenters. The Labute approximate surface area is 329 Å². The summed E-state index contributed by atoms with van der Waals surface area (Å²) in [5.41, 5.74) is 18.4. The number of fused-ring (bicyclic) bond motifs is 4. The van der Waals surface area contributed by atoms with E-state index in [0.717, 1.165) is 17.1 Å². The molecule has 0 N–H and O–H groups in total. The maximum Gasteiger partial charge on any atom is 0.0540 e. The third kappa shape index (κ3) is 5.81. The lowest BCUT2D eigenvalue weighted by Crippen LogP contribution is -2.14. The minimum Gasteiger partial charge on any atom is -0.310 e. The van der Waals surface area contributed by atoms with Gasteiger partial charge in [0.1, 0.15) is 0 Å². The third-order valence-electron chi connectivity index (χ3n) is 11.7. The van der Waals surface area contributed by atoms with Gasteiger partial charge >= 0.3 is 0 Å². The van der Waals surface area contributed by atoms with Gasteiger partial charge in [0, 0.05) is 22.4 Å². The molecule has 9 aromatic rings. The normalized spacial score (nSPS) is 12.6. The second-order valence-electron chi connectivity index (χ2n) is 15.4. The molecule has 0 saturated carbocycles. The van der Waals surface area contributed by atoms with Crippen molar-refractivity contribution in [3.8, 4) is 55.6 Å². The van der Waals surface area contributed by atoms with Gasteiger partial charge < -0.3 is 4.90 Å². The molecule has 0 fully saturated rings. The molecule has 1 heteroatoms. The largest absolute Gasteiger partial charge is 0.310 e. The van der Waals surface area contributed by atoms with E-state index in [1.807, 2.05) is 0 Å². The van der Waals surface area contributed by atoms with Gasteiger partial charge in [0.25, 0.3) is 0 Å². The summed E-state index contributed by atoms with van der Waals surface area (Å²) in [7, 11) is 0. The highest BCUT2D eigenvalue weighted by atomic mass is 15.1. The molecule has 1 aliphatic rings. The summed E-state index contributed by atoms with van der Waals surface area (Å²) < 4.78 is 0. The van der Waals surface area contributed by atoms with Crippen LogP contribution in [-0.2, 0) is 5.41 Å². The SMILES string of the molecule is CC1(C)c2ccccc2-c2ccc(-c3ccc(N(c4cccc(-c5cccc6ccccc56)c4)c4ccccc4-c4ccc(-c5ccccc5)cc4)cc3)cc21. The zero-order valence-electron chi connectivity index (χ0n) is 31.7. The lowest BCUT2D eigenvalue weighted by atomic mass is 9.81. The minimum absolute atomic E-state index is 0.0449. The molecule has 56 heavy (non-hydrogen) atoms. The summed E-state index contributed by atoms with van der Waals surface area (Å²) in [5, 5.41) is 2.49. The number of rotatable bonds is 7. The Morgan fingerprint density at radius 1 is 0.321 bits per heavy atom. The predicted octanol–water partition coefficient (Wildman–Crippen LogP) is 15.3. The standard InChI is InChI=1S/C55H41N/c1-55(2)52-24-10-8-22-50(52)51-35-32-43(37-53(51)55)40-30-33-45(34-31-40)56(46-19-12-18-44(36-46)48-23-13-17-41-16-6-7-20-47(41)48)54-25-11-9-21-49(54)42-28-26-39(27-29-42)38-14-4-3-5-15-38/h3-37H,1-2H3. The Kier molecular flexibility index (Phi) is 8.23. The van der Waals surface area contributed by atoms with Crippen LogP contribution in [0.4, 0.5) is 17.1 Å². The lowest BCUT2D eigenvalue weighted by molar-refractivity contribution is 0.660. The van der Waals surface area contributed by atoms with Crippen LogP contribution in [0.25, 0.3) is 66.4 Å². The predicted molar refractivity (Wildman–Crippen MR) is 238 cm³/mol. The monoisotopic (exact) mass is 715 g/mol. The molecule has 9 aromatic carbocycles. The molecular formula is C55H41N. The van der Waals surface area contributed by atoms with Crippen LogP contribution in [0.1, 0.15) is 25.0 Å². The molecular weight excluding hydrogens is 675 g/mol. The Morgan fingerprint density at radius 2 is 0.875 bits per heavy atom. The molecule has 0 amide bonds. The molecule has 0 bridgehead atoms. The fourth-order valence-corrected chi connectivity index (χ4v) is 8.79. The molecule has 266 valence electrons. The quantitative estimate of drug-likeness (QED) is 0.159. The lowest BCUT2D eigenvalue weighted by Gasteiger charge is -2.28. The molecule has 0 atom stereocenters. The van der Waals surface area contributed by atoms with Crippen LogP contribution in [0.5, 0.6) is 0 Å². The number of benzene rings is 9.